The third kappa shape index (κ3) is 4.27. The predicted molar refractivity (Wildman–Crippen MR) is 139 cm³/mol. The molecule has 3 aromatic heterocycles. The van der Waals surface area contributed by atoms with Crippen LogP contribution in [-0.2, 0) is 11.3 Å². The first kappa shape index (κ1) is 25.0. The second-order valence-electron chi connectivity index (χ2n) is 10.6. The Morgan fingerprint density at radius 3 is 2.71 bits per heavy atom. The van der Waals surface area contributed by atoms with E-state index >= 15 is 0 Å². The molecule has 1 aromatic carbocycles. The average molecular weight is 538 g/mol. The molecule has 2 aliphatic rings. The Kier molecular flexibility index (Phi) is 6.23. The molecule has 12 heteroatoms. The number of aliphatic hydroxyl groups is 1. The zero-order valence-electron chi connectivity index (χ0n) is 21.2. The molecule has 0 spiro atoms. The summed E-state index contributed by atoms with van der Waals surface area (Å²) in [7, 11) is 0. The maximum atomic E-state index is 14.0. The van der Waals surface area contributed by atoms with Crippen molar-refractivity contribution in [2.24, 2.45) is 0 Å². The molecule has 198 valence electrons. The van der Waals surface area contributed by atoms with Gasteiger partial charge in [0.1, 0.15) is 29.7 Å². The molecule has 2 saturated heterocycles. The number of piperidine rings is 1. The van der Waals surface area contributed by atoms with Crippen LogP contribution in [0.15, 0.2) is 27.8 Å². The van der Waals surface area contributed by atoms with Crippen LogP contribution in [0.5, 0.6) is 0 Å². The van der Waals surface area contributed by atoms with E-state index in [4.69, 9.17) is 20.9 Å². The maximum absolute atomic E-state index is 14.0. The van der Waals surface area contributed by atoms with Crippen LogP contribution in [0.4, 0.5) is 0 Å². The minimum absolute atomic E-state index is 0.207. The number of hydrogen-bond acceptors (Lipinski definition) is 9. The Balaban J connectivity index is 1.46. The van der Waals surface area contributed by atoms with Gasteiger partial charge in [-0.2, -0.15) is 10.2 Å². The molecule has 0 saturated carbocycles. The summed E-state index contributed by atoms with van der Waals surface area (Å²) in [5.41, 5.74) is 1.30. The fourth-order valence-corrected chi connectivity index (χ4v) is 5.67. The van der Waals surface area contributed by atoms with Crippen molar-refractivity contribution in [3.63, 3.8) is 0 Å². The maximum Gasteiger partial charge on any atom is 0.277 e. The lowest BCUT2D eigenvalue weighted by Gasteiger charge is -2.29. The average Bonchev–Trinajstić information content (AvgIpc) is 3.63. The number of nitriles is 1. The number of likely N-dealkylation sites (tertiary alicyclic amines) is 1. The number of nitrogens with zero attached hydrogens (tertiary/aromatic N) is 7. The van der Waals surface area contributed by atoms with Crippen molar-refractivity contribution in [1.29, 1.82) is 5.26 Å². The molecule has 0 bridgehead atoms. The van der Waals surface area contributed by atoms with E-state index < -0.39 is 0 Å². The molecule has 2 fully saturated rings. The van der Waals surface area contributed by atoms with E-state index in [0.29, 0.717) is 48.5 Å². The molecule has 6 rings (SSSR count). The van der Waals surface area contributed by atoms with Crippen LogP contribution in [0.1, 0.15) is 57.1 Å². The fraction of sp³-hybridized carbons (Fsp3) is 0.500. The van der Waals surface area contributed by atoms with Crippen LogP contribution in [0.3, 0.4) is 0 Å². The number of hydrogen-bond donors (Lipinski definition) is 1. The summed E-state index contributed by atoms with van der Waals surface area (Å²) >= 11 is 6.38. The second-order valence-corrected chi connectivity index (χ2v) is 11.0. The van der Waals surface area contributed by atoms with Gasteiger partial charge in [-0.15, -0.1) is 0 Å². The third-order valence-corrected chi connectivity index (χ3v) is 7.87. The lowest BCUT2D eigenvalue weighted by molar-refractivity contribution is -0.0292. The fourth-order valence-electron chi connectivity index (χ4n) is 5.47. The number of aliphatic hydroxyl groups excluding tert-OH is 1. The van der Waals surface area contributed by atoms with Crippen LogP contribution in [-0.4, -0.2) is 65.4 Å². The summed E-state index contributed by atoms with van der Waals surface area (Å²) in [6.45, 7) is 6.45. The molecule has 1 N–H and O–H groups in total. The number of halogens is 1. The first-order valence-corrected chi connectivity index (χ1v) is 13.2. The van der Waals surface area contributed by atoms with E-state index in [1.807, 2.05) is 13.8 Å². The van der Waals surface area contributed by atoms with Gasteiger partial charge in [0.2, 0.25) is 5.82 Å². The molecular formula is C26H28ClN7O4. The van der Waals surface area contributed by atoms with Gasteiger partial charge in [-0.1, -0.05) is 16.8 Å². The van der Waals surface area contributed by atoms with Crippen molar-refractivity contribution < 1.29 is 14.4 Å². The Bertz CT molecular complexity index is 1620. The smallest absolute Gasteiger partial charge is 0.277 e. The van der Waals surface area contributed by atoms with Gasteiger partial charge in [-0.05, 0) is 51.7 Å². The van der Waals surface area contributed by atoms with Gasteiger partial charge >= 0.3 is 0 Å². The molecular weight excluding hydrogens is 510 g/mol. The Morgan fingerprint density at radius 1 is 1.21 bits per heavy atom. The highest BCUT2D eigenvalue weighted by Gasteiger charge is 2.36. The number of fused-ring (bicyclic) bond motifs is 3. The topological polar surface area (TPSA) is 135 Å². The Morgan fingerprint density at radius 2 is 2.00 bits per heavy atom. The molecule has 1 unspecified atom stereocenters. The van der Waals surface area contributed by atoms with Crippen molar-refractivity contribution in [3.8, 4) is 17.6 Å². The highest BCUT2D eigenvalue weighted by molar-refractivity contribution is 6.32. The number of imidazole rings is 1. The van der Waals surface area contributed by atoms with Crippen molar-refractivity contribution >= 4 is 28.2 Å². The Hall–Kier alpha value is -3.30. The van der Waals surface area contributed by atoms with Gasteiger partial charge < -0.3 is 23.8 Å². The standard InChI is InChI=1S/C26H28ClN7O4/c1-26(2)8-5-19(37-26)24-30-23(31-38-24)20-22-25(36)33(12-11-32-9-6-15(35)7-10-32)21-16(13-28)17(27)3-4-18(21)34(22)14-29-20/h3-4,14-15,19,35H,5-12H2,1-2H3. The highest BCUT2D eigenvalue weighted by atomic mass is 35.5. The quantitative estimate of drug-likeness (QED) is 0.406. The lowest BCUT2D eigenvalue weighted by Crippen LogP contribution is -2.39. The second kappa shape index (κ2) is 9.47. The number of benzene rings is 1. The summed E-state index contributed by atoms with van der Waals surface area (Å²) in [4.78, 5) is 25.3. The van der Waals surface area contributed by atoms with Crippen LogP contribution in [0.25, 0.3) is 28.1 Å². The van der Waals surface area contributed by atoms with Gasteiger partial charge in [-0.3, -0.25) is 9.20 Å². The normalized spacial score (nSPS) is 20.4. The zero-order valence-corrected chi connectivity index (χ0v) is 22.0. The van der Waals surface area contributed by atoms with E-state index in [1.54, 1.807) is 21.1 Å². The summed E-state index contributed by atoms with van der Waals surface area (Å²) < 4.78 is 14.8. The van der Waals surface area contributed by atoms with Gasteiger partial charge in [0, 0.05) is 26.2 Å². The summed E-state index contributed by atoms with van der Waals surface area (Å²) in [5, 5.41) is 24.2. The molecule has 0 aliphatic carbocycles. The molecule has 0 radical (unpaired) electrons. The minimum atomic E-state index is -0.328. The van der Waals surface area contributed by atoms with E-state index in [2.05, 4.69) is 26.1 Å². The third-order valence-electron chi connectivity index (χ3n) is 7.56. The summed E-state index contributed by atoms with van der Waals surface area (Å²) in [5.74, 6) is 0.567. The summed E-state index contributed by atoms with van der Waals surface area (Å²) in [6.07, 6.45) is 3.97. The van der Waals surface area contributed by atoms with Crippen molar-refractivity contribution in [1.82, 2.24) is 29.0 Å². The molecule has 4 aromatic rings. The largest absolute Gasteiger partial charge is 0.393 e. The monoisotopic (exact) mass is 537 g/mol. The first-order valence-electron chi connectivity index (χ1n) is 12.8. The molecule has 11 nitrogen and oxygen atoms in total. The SMILES string of the molecule is CC1(C)CCC(c2nc(-c3ncn4c3c(=O)n(CCN3CCC(O)CC3)c3c(C#N)c(Cl)ccc34)no2)O1. The van der Waals surface area contributed by atoms with E-state index in [-0.39, 0.29) is 45.3 Å². The van der Waals surface area contributed by atoms with Gasteiger partial charge in [0.15, 0.2) is 0 Å². The van der Waals surface area contributed by atoms with Crippen LogP contribution in [0.2, 0.25) is 5.02 Å². The molecule has 38 heavy (non-hydrogen) atoms. The Labute approximate surface area is 223 Å². The summed E-state index contributed by atoms with van der Waals surface area (Å²) in [6, 6.07) is 5.59. The van der Waals surface area contributed by atoms with E-state index in [0.717, 1.165) is 25.9 Å². The molecule has 1 atom stereocenters. The van der Waals surface area contributed by atoms with Gasteiger partial charge in [-0.25, -0.2) is 4.98 Å². The molecule has 5 heterocycles. The predicted octanol–water partition coefficient (Wildman–Crippen LogP) is 3.31. The van der Waals surface area contributed by atoms with Gasteiger partial charge in [0.25, 0.3) is 11.4 Å². The van der Waals surface area contributed by atoms with E-state index in [9.17, 15) is 15.2 Å². The van der Waals surface area contributed by atoms with Crippen LogP contribution < -0.4 is 5.56 Å². The van der Waals surface area contributed by atoms with Gasteiger partial charge in [0.05, 0.1) is 33.3 Å². The van der Waals surface area contributed by atoms with Crippen molar-refractivity contribution in [3.05, 3.63) is 45.3 Å². The lowest BCUT2D eigenvalue weighted by atomic mass is 10.1. The van der Waals surface area contributed by atoms with Crippen molar-refractivity contribution in [2.45, 2.75) is 63.9 Å². The van der Waals surface area contributed by atoms with Crippen molar-refractivity contribution in [2.75, 3.05) is 19.6 Å². The van der Waals surface area contributed by atoms with Crippen LogP contribution in [0, 0.1) is 11.3 Å². The number of rotatable bonds is 5. The molecule has 2 aliphatic heterocycles. The number of aromatic nitrogens is 5. The molecule has 0 amide bonds. The first-order chi connectivity index (χ1) is 18.3. The number of ether oxygens (including phenoxy) is 1. The highest BCUT2D eigenvalue weighted by Crippen LogP contribution is 2.39. The van der Waals surface area contributed by atoms with E-state index in [1.165, 1.54) is 6.33 Å². The zero-order chi connectivity index (χ0) is 26.6. The minimum Gasteiger partial charge on any atom is -0.393 e. The van der Waals surface area contributed by atoms with Crippen LogP contribution >= 0.6 is 11.6 Å².